The average Bonchev–Trinajstić information content (AvgIpc) is 2.70. The van der Waals surface area contributed by atoms with Crippen molar-refractivity contribution < 1.29 is 0 Å². The molecule has 1 saturated carbocycles. The van der Waals surface area contributed by atoms with E-state index in [-0.39, 0.29) is 0 Å². The van der Waals surface area contributed by atoms with Gasteiger partial charge in [-0.3, -0.25) is 0 Å². The van der Waals surface area contributed by atoms with Crippen LogP contribution in [0.15, 0.2) is 0 Å². The molecule has 90 valence electrons. The Bertz CT molecular complexity index is 153. The third kappa shape index (κ3) is 4.98. The molecule has 0 saturated heterocycles. The molecule has 1 aliphatic carbocycles. The van der Waals surface area contributed by atoms with E-state index in [0.29, 0.717) is 0 Å². The van der Waals surface area contributed by atoms with Gasteiger partial charge in [-0.2, -0.15) is 0 Å². The van der Waals surface area contributed by atoms with Gasteiger partial charge in [-0.05, 0) is 59.2 Å². The van der Waals surface area contributed by atoms with Crippen molar-refractivity contribution in [2.75, 3.05) is 27.2 Å². The molecule has 1 fully saturated rings. The van der Waals surface area contributed by atoms with Crippen LogP contribution in [-0.2, 0) is 0 Å². The third-order valence-electron chi connectivity index (χ3n) is 3.82. The summed E-state index contributed by atoms with van der Waals surface area (Å²) in [6, 6.07) is 0.749. The molecule has 0 bridgehead atoms. The fourth-order valence-corrected chi connectivity index (χ4v) is 2.57. The summed E-state index contributed by atoms with van der Waals surface area (Å²) >= 11 is 0. The average molecular weight is 212 g/mol. The molecule has 2 nitrogen and oxygen atoms in total. The fraction of sp³-hybridized carbons (Fsp3) is 1.00. The smallest absolute Gasteiger partial charge is 0.00644 e. The molecule has 2 heteroatoms. The maximum absolute atomic E-state index is 3.22. The van der Waals surface area contributed by atoms with Crippen LogP contribution in [0.4, 0.5) is 0 Å². The number of rotatable bonds is 7. The van der Waals surface area contributed by atoms with Crippen LogP contribution in [0, 0.1) is 5.92 Å². The Morgan fingerprint density at radius 1 is 1.33 bits per heavy atom. The second-order valence-corrected chi connectivity index (χ2v) is 5.18. The molecule has 1 rings (SSSR count). The Kier molecular flexibility index (Phi) is 6.26. The van der Waals surface area contributed by atoms with Crippen molar-refractivity contribution >= 4 is 0 Å². The van der Waals surface area contributed by atoms with Gasteiger partial charge < -0.3 is 10.2 Å². The minimum absolute atomic E-state index is 0.749. The van der Waals surface area contributed by atoms with Crippen molar-refractivity contribution in [3.05, 3.63) is 0 Å². The molecule has 1 atom stereocenters. The van der Waals surface area contributed by atoms with Crippen LogP contribution >= 0.6 is 0 Å². The Balaban J connectivity index is 2.11. The molecular weight excluding hydrogens is 184 g/mol. The van der Waals surface area contributed by atoms with Crippen molar-refractivity contribution in [3.8, 4) is 0 Å². The lowest BCUT2D eigenvalue weighted by Gasteiger charge is -2.27. The summed E-state index contributed by atoms with van der Waals surface area (Å²) in [5.41, 5.74) is 0. The van der Waals surface area contributed by atoms with E-state index in [1.807, 2.05) is 7.05 Å². The Labute approximate surface area is 95.4 Å². The molecule has 0 aromatic rings. The summed E-state index contributed by atoms with van der Waals surface area (Å²) < 4.78 is 0. The second kappa shape index (κ2) is 7.24. The van der Waals surface area contributed by atoms with Crippen LogP contribution in [0.3, 0.4) is 0 Å². The molecule has 1 aliphatic rings. The lowest BCUT2D eigenvalue weighted by molar-refractivity contribution is 0.208. The van der Waals surface area contributed by atoms with Crippen LogP contribution in [0.2, 0.25) is 0 Å². The first kappa shape index (κ1) is 13.0. The van der Waals surface area contributed by atoms with Gasteiger partial charge in [-0.25, -0.2) is 0 Å². The Morgan fingerprint density at radius 3 is 2.60 bits per heavy atom. The zero-order valence-corrected chi connectivity index (χ0v) is 10.8. The van der Waals surface area contributed by atoms with Crippen molar-refractivity contribution in [2.45, 2.75) is 51.5 Å². The van der Waals surface area contributed by atoms with E-state index >= 15 is 0 Å². The quantitative estimate of drug-likeness (QED) is 0.652. The van der Waals surface area contributed by atoms with Crippen molar-refractivity contribution in [1.29, 1.82) is 0 Å². The van der Waals surface area contributed by atoms with Gasteiger partial charge in [0.05, 0.1) is 0 Å². The van der Waals surface area contributed by atoms with E-state index in [2.05, 4.69) is 24.2 Å². The van der Waals surface area contributed by atoms with Gasteiger partial charge in [0, 0.05) is 12.6 Å². The molecule has 0 amide bonds. The van der Waals surface area contributed by atoms with Gasteiger partial charge in [0.2, 0.25) is 0 Å². The molecule has 1 unspecified atom stereocenters. The molecular formula is C13H28N2. The molecule has 0 heterocycles. The highest BCUT2D eigenvalue weighted by Crippen LogP contribution is 2.25. The zero-order chi connectivity index (χ0) is 11.1. The van der Waals surface area contributed by atoms with E-state index in [0.717, 1.165) is 18.5 Å². The lowest BCUT2D eigenvalue weighted by Crippen LogP contribution is -2.33. The molecule has 0 spiro atoms. The number of nitrogens with zero attached hydrogens (tertiary/aromatic N) is 1. The van der Waals surface area contributed by atoms with Gasteiger partial charge in [0.15, 0.2) is 0 Å². The lowest BCUT2D eigenvalue weighted by atomic mass is 10.1. The summed E-state index contributed by atoms with van der Waals surface area (Å²) in [5.74, 6) is 0.988. The summed E-state index contributed by atoms with van der Waals surface area (Å²) in [7, 11) is 4.33. The number of hydrogen-bond acceptors (Lipinski definition) is 2. The van der Waals surface area contributed by atoms with Gasteiger partial charge in [-0.15, -0.1) is 0 Å². The number of nitrogens with one attached hydrogen (secondary N) is 1. The third-order valence-corrected chi connectivity index (χ3v) is 3.82. The highest BCUT2D eigenvalue weighted by Gasteiger charge is 2.18. The Hall–Kier alpha value is -0.0800. The predicted octanol–water partition coefficient (Wildman–Crippen LogP) is 2.50. The largest absolute Gasteiger partial charge is 0.320 e. The minimum Gasteiger partial charge on any atom is -0.320 e. The van der Waals surface area contributed by atoms with Gasteiger partial charge in [-0.1, -0.05) is 12.8 Å². The zero-order valence-electron chi connectivity index (χ0n) is 10.8. The molecule has 0 radical (unpaired) electrons. The molecule has 0 aromatic carbocycles. The molecule has 1 N–H and O–H groups in total. The van der Waals surface area contributed by atoms with Crippen LogP contribution in [0.1, 0.15) is 45.4 Å². The highest BCUT2D eigenvalue weighted by atomic mass is 15.1. The highest BCUT2D eigenvalue weighted by molar-refractivity contribution is 4.73. The van der Waals surface area contributed by atoms with E-state index < -0.39 is 0 Å². The first-order valence-corrected chi connectivity index (χ1v) is 6.59. The van der Waals surface area contributed by atoms with Gasteiger partial charge in [0.25, 0.3) is 0 Å². The summed E-state index contributed by atoms with van der Waals surface area (Å²) in [6.45, 7) is 4.84. The summed E-state index contributed by atoms with van der Waals surface area (Å²) in [6.07, 6.45) is 8.48. The molecule has 15 heavy (non-hydrogen) atoms. The standard InChI is InChI=1S/C13H28N2/c1-12(7-6-10-14-2)15(3)11-13-8-4-5-9-13/h12-14H,4-11H2,1-3H3. The fourth-order valence-electron chi connectivity index (χ4n) is 2.57. The maximum atomic E-state index is 3.22. The first-order chi connectivity index (χ1) is 7.24. The minimum atomic E-state index is 0.749. The van der Waals surface area contributed by atoms with Crippen LogP contribution in [0.5, 0.6) is 0 Å². The van der Waals surface area contributed by atoms with E-state index in [1.165, 1.54) is 45.1 Å². The molecule has 0 aromatic heterocycles. The molecule has 0 aliphatic heterocycles. The van der Waals surface area contributed by atoms with Crippen LogP contribution in [-0.4, -0.2) is 38.1 Å². The second-order valence-electron chi connectivity index (χ2n) is 5.18. The normalized spacial score (nSPS) is 20.0. The number of hydrogen-bond donors (Lipinski definition) is 1. The topological polar surface area (TPSA) is 15.3 Å². The van der Waals surface area contributed by atoms with Crippen molar-refractivity contribution in [1.82, 2.24) is 10.2 Å². The van der Waals surface area contributed by atoms with Crippen molar-refractivity contribution in [2.24, 2.45) is 5.92 Å². The van der Waals surface area contributed by atoms with Crippen LogP contribution in [0.25, 0.3) is 0 Å². The van der Waals surface area contributed by atoms with E-state index in [4.69, 9.17) is 0 Å². The van der Waals surface area contributed by atoms with E-state index in [1.54, 1.807) is 0 Å². The van der Waals surface area contributed by atoms with Gasteiger partial charge >= 0.3 is 0 Å². The maximum Gasteiger partial charge on any atom is 0.00644 e. The Morgan fingerprint density at radius 2 is 2.00 bits per heavy atom. The monoisotopic (exact) mass is 212 g/mol. The first-order valence-electron chi connectivity index (χ1n) is 6.59. The van der Waals surface area contributed by atoms with Crippen LogP contribution < -0.4 is 5.32 Å². The predicted molar refractivity (Wildman–Crippen MR) is 67.2 cm³/mol. The SMILES string of the molecule is CNCCCC(C)N(C)CC1CCCC1. The van der Waals surface area contributed by atoms with Gasteiger partial charge in [0.1, 0.15) is 0 Å². The van der Waals surface area contributed by atoms with Crippen molar-refractivity contribution in [3.63, 3.8) is 0 Å². The van der Waals surface area contributed by atoms with E-state index in [9.17, 15) is 0 Å². The summed E-state index contributed by atoms with van der Waals surface area (Å²) in [4.78, 5) is 2.56. The summed E-state index contributed by atoms with van der Waals surface area (Å²) in [5, 5.41) is 3.22.